The number of benzene rings is 1. The van der Waals surface area contributed by atoms with Gasteiger partial charge in [-0.1, -0.05) is 35.8 Å². The third-order valence-corrected chi connectivity index (χ3v) is 2.41. The zero-order chi connectivity index (χ0) is 10.0. The van der Waals surface area contributed by atoms with Crippen molar-refractivity contribution in [2.45, 2.75) is 20.0 Å². The summed E-state index contributed by atoms with van der Waals surface area (Å²) in [4.78, 5) is 0. The molecule has 1 nitrogen and oxygen atoms in total. The molecule has 13 heavy (non-hydrogen) atoms. The van der Waals surface area contributed by atoms with Gasteiger partial charge in [0.25, 0.3) is 0 Å². The van der Waals surface area contributed by atoms with E-state index in [4.69, 9.17) is 0 Å². The van der Waals surface area contributed by atoms with Crippen molar-refractivity contribution in [3.05, 3.63) is 34.1 Å². The van der Waals surface area contributed by atoms with Gasteiger partial charge in [0.15, 0.2) is 0 Å². The van der Waals surface area contributed by atoms with E-state index in [2.05, 4.69) is 15.9 Å². The van der Waals surface area contributed by atoms with Gasteiger partial charge in [0.1, 0.15) is 5.82 Å². The van der Waals surface area contributed by atoms with Gasteiger partial charge in [-0.15, -0.1) is 0 Å². The number of rotatable bonds is 2. The van der Waals surface area contributed by atoms with Gasteiger partial charge in [0.05, 0.1) is 6.10 Å². The van der Waals surface area contributed by atoms with Gasteiger partial charge in [-0.3, -0.25) is 0 Å². The Morgan fingerprint density at radius 2 is 2.00 bits per heavy atom. The van der Waals surface area contributed by atoms with E-state index in [1.807, 2.05) is 13.8 Å². The van der Waals surface area contributed by atoms with E-state index < -0.39 is 6.10 Å². The summed E-state index contributed by atoms with van der Waals surface area (Å²) in [5.74, 6) is -0.341. The average molecular weight is 247 g/mol. The van der Waals surface area contributed by atoms with Crippen LogP contribution >= 0.6 is 15.9 Å². The first-order valence-electron chi connectivity index (χ1n) is 4.15. The van der Waals surface area contributed by atoms with Crippen LogP contribution in [0.5, 0.6) is 0 Å². The van der Waals surface area contributed by atoms with E-state index in [1.54, 1.807) is 12.1 Å². The molecule has 0 aliphatic carbocycles. The molecule has 0 saturated heterocycles. The van der Waals surface area contributed by atoms with Crippen LogP contribution in [0.4, 0.5) is 4.39 Å². The minimum absolute atomic E-state index is 0.0238. The van der Waals surface area contributed by atoms with E-state index in [0.717, 1.165) is 0 Å². The molecule has 0 saturated carbocycles. The lowest BCUT2D eigenvalue weighted by atomic mass is 9.99. The lowest BCUT2D eigenvalue weighted by Crippen LogP contribution is -2.07. The van der Waals surface area contributed by atoms with E-state index in [-0.39, 0.29) is 11.7 Å². The zero-order valence-electron chi connectivity index (χ0n) is 7.59. The Kier molecular flexibility index (Phi) is 3.45. The molecule has 0 unspecified atom stereocenters. The highest BCUT2D eigenvalue weighted by molar-refractivity contribution is 9.10. The molecule has 0 aromatic heterocycles. The van der Waals surface area contributed by atoms with Gasteiger partial charge >= 0.3 is 0 Å². The Morgan fingerprint density at radius 3 is 2.46 bits per heavy atom. The number of aliphatic hydroxyl groups is 1. The number of hydrogen-bond donors (Lipinski definition) is 1. The molecule has 72 valence electrons. The summed E-state index contributed by atoms with van der Waals surface area (Å²) in [5.41, 5.74) is 0.359. The molecule has 0 heterocycles. The SMILES string of the molecule is CC(C)[C@H](O)c1ccc(Br)cc1F. The Labute approximate surface area is 85.7 Å². The molecule has 1 N–H and O–H groups in total. The Hall–Kier alpha value is -0.410. The third-order valence-electron chi connectivity index (χ3n) is 1.91. The highest BCUT2D eigenvalue weighted by Crippen LogP contribution is 2.25. The minimum atomic E-state index is -0.729. The second-order valence-corrected chi connectivity index (χ2v) is 4.27. The van der Waals surface area contributed by atoms with Gasteiger partial charge in [-0.05, 0) is 18.1 Å². The van der Waals surface area contributed by atoms with Crippen LogP contribution in [0.25, 0.3) is 0 Å². The third kappa shape index (κ3) is 2.51. The molecular weight excluding hydrogens is 235 g/mol. The van der Waals surface area contributed by atoms with E-state index >= 15 is 0 Å². The topological polar surface area (TPSA) is 20.2 Å². The van der Waals surface area contributed by atoms with Gasteiger partial charge in [-0.2, -0.15) is 0 Å². The molecule has 3 heteroatoms. The standard InChI is InChI=1S/C10H12BrFO/c1-6(2)10(13)8-4-3-7(11)5-9(8)12/h3-6,10,13H,1-2H3/t10-/m0/s1. The molecule has 0 fully saturated rings. The quantitative estimate of drug-likeness (QED) is 0.850. The molecule has 0 aliphatic heterocycles. The van der Waals surface area contributed by atoms with Crippen molar-refractivity contribution in [2.75, 3.05) is 0 Å². The van der Waals surface area contributed by atoms with Crippen molar-refractivity contribution >= 4 is 15.9 Å². The van der Waals surface area contributed by atoms with Crippen molar-refractivity contribution in [3.8, 4) is 0 Å². The molecule has 0 bridgehead atoms. The van der Waals surface area contributed by atoms with Crippen LogP contribution in [-0.4, -0.2) is 5.11 Å². The first kappa shape index (κ1) is 10.7. The maximum Gasteiger partial charge on any atom is 0.130 e. The van der Waals surface area contributed by atoms with E-state index in [0.29, 0.717) is 10.0 Å². The van der Waals surface area contributed by atoms with Gasteiger partial charge in [-0.25, -0.2) is 4.39 Å². The summed E-state index contributed by atoms with van der Waals surface area (Å²) in [5, 5.41) is 9.61. The minimum Gasteiger partial charge on any atom is -0.388 e. The number of aliphatic hydroxyl groups excluding tert-OH is 1. The van der Waals surface area contributed by atoms with Gasteiger partial charge in [0.2, 0.25) is 0 Å². The molecular formula is C10H12BrFO. The van der Waals surface area contributed by atoms with E-state index in [1.165, 1.54) is 6.07 Å². The van der Waals surface area contributed by atoms with Crippen LogP contribution in [0.15, 0.2) is 22.7 Å². The monoisotopic (exact) mass is 246 g/mol. The highest BCUT2D eigenvalue weighted by Gasteiger charge is 2.15. The Bertz CT molecular complexity index is 299. The average Bonchev–Trinajstić information content (AvgIpc) is 2.03. The van der Waals surface area contributed by atoms with Crippen molar-refractivity contribution in [1.29, 1.82) is 0 Å². The van der Waals surface area contributed by atoms with Crippen molar-refractivity contribution in [2.24, 2.45) is 5.92 Å². The fourth-order valence-corrected chi connectivity index (χ4v) is 1.43. The predicted octanol–water partition coefficient (Wildman–Crippen LogP) is 3.28. The molecule has 1 aromatic rings. The zero-order valence-corrected chi connectivity index (χ0v) is 9.18. The van der Waals surface area contributed by atoms with Gasteiger partial charge in [0, 0.05) is 10.0 Å². The number of hydrogen-bond acceptors (Lipinski definition) is 1. The molecule has 0 aliphatic rings. The molecule has 0 spiro atoms. The molecule has 1 aromatic carbocycles. The second kappa shape index (κ2) is 4.20. The van der Waals surface area contributed by atoms with Crippen molar-refractivity contribution in [3.63, 3.8) is 0 Å². The van der Waals surface area contributed by atoms with Crippen molar-refractivity contribution < 1.29 is 9.50 Å². The smallest absolute Gasteiger partial charge is 0.130 e. The summed E-state index contributed by atoms with van der Waals surface area (Å²) >= 11 is 3.16. The summed E-state index contributed by atoms with van der Waals surface area (Å²) < 4.78 is 14.0. The summed E-state index contributed by atoms with van der Waals surface area (Å²) in [6.45, 7) is 3.71. The van der Waals surface area contributed by atoms with Crippen LogP contribution < -0.4 is 0 Å². The van der Waals surface area contributed by atoms with Crippen LogP contribution in [0.2, 0.25) is 0 Å². The summed E-state index contributed by atoms with van der Waals surface area (Å²) in [7, 11) is 0. The Balaban J connectivity index is 3.01. The molecule has 1 rings (SSSR count). The van der Waals surface area contributed by atoms with Crippen LogP contribution in [0, 0.1) is 11.7 Å². The van der Waals surface area contributed by atoms with Gasteiger partial charge < -0.3 is 5.11 Å². The van der Waals surface area contributed by atoms with Crippen molar-refractivity contribution in [1.82, 2.24) is 0 Å². The maximum atomic E-state index is 13.3. The Morgan fingerprint density at radius 1 is 1.38 bits per heavy atom. The first-order valence-corrected chi connectivity index (χ1v) is 4.94. The molecule has 0 amide bonds. The highest BCUT2D eigenvalue weighted by atomic mass is 79.9. The van der Waals surface area contributed by atoms with Crippen LogP contribution in [-0.2, 0) is 0 Å². The summed E-state index contributed by atoms with van der Waals surface area (Å²) in [6.07, 6.45) is -0.729. The predicted molar refractivity (Wildman–Crippen MR) is 53.9 cm³/mol. The molecule has 1 atom stereocenters. The normalized spacial score (nSPS) is 13.4. The maximum absolute atomic E-state index is 13.3. The number of halogens is 2. The lowest BCUT2D eigenvalue weighted by Gasteiger charge is -2.15. The largest absolute Gasteiger partial charge is 0.388 e. The van der Waals surface area contributed by atoms with Crippen LogP contribution in [0.1, 0.15) is 25.5 Å². The summed E-state index contributed by atoms with van der Waals surface area (Å²) in [6, 6.07) is 4.69. The fourth-order valence-electron chi connectivity index (χ4n) is 1.10. The lowest BCUT2D eigenvalue weighted by molar-refractivity contribution is 0.123. The molecule has 0 radical (unpaired) electrons. The van der Waals surface area contributed by atoms with E-state index in [9.17, 15) is 9.50 Å². The van der Waals surface area contributed by atoms with Crippen LogP contribution in [0.3, 0.4) is 0 Å². The second-order valence-electron chi connectivity index (χ2n) is 3.35. The fraction of sp³-hybridized carbons (Fsp3) is 0.400. The first-order chi connectivity index (χ1) is 6.02.